The van der Waals surface area contributed by atoms with Crippen molar-refractivity contribution >= 4 is 9.84 Å². The molecule has 1 aromatic carbocycles. The maximum absolute atomic E-state index is 12.1. The van der Waals surface area contributed by atoms with Crippen LogP contribution in [0.5, 0.6) is 0 Å². The van der Waals surface area contributed by atoms with Crippen molar-refractivity contribution in [1.82, 2.24) is 0 Å². The predicted octanol–water partition coefficient (Wildman–Crippen LogP) is 2.52. The molecule has 0 heterocycles. The Labute approximate surface area is 103 Å². The second kappa shape index (κ2) is 5.33. The van der Waals surface area contributed by atoms with Gasteiger partial charge in [0.25, 0.3) is 0 Å². The Morgan fingerprint density at radius 3 is 2.47 bits per heavy atom. The third-order valence-electron chi connectivity index (χ3n) is 2.93. The molecule has 0 bridgehead atoms. The second-order valence-corrected chi connectivity index (χ2v) is 6.93. The van der Waals surface area contributed by atoms with E-state index >= 15 is 0 Å². The highest BCUT2D eigenvalue weighted by Gasteiger charge is 2.24. The number of hydrogen-bond donors (Lipinski definition) is 0. The van der Waals surface area contributed by atoms with Crippen LogP contribution in [-0.4, -0.2) is 13.7 Å². The number of nitriles is 1. The molecule has 1 rings (SSSR count). The SMILES string of the molecule is CC(C)C(C)S(=O)(=O)Cc1cccc(C#N)c1. The lowest BCUT2D eigenvalue weighted by molar-refractivity contribution is 0.545. The van der Waals surface area contributed by atoms with E-state index in [1.54, 1.807) is 31.2 Å². The van der Waals surface area contributed by atoms with Crippen molar-refractivity contribution in [2.45, 2.75) is 31.8 Å². The molecule has 4 heteroatoms. The van der Waals surface area contributed by atoms with E-state index in [1.165, 1.54) is 0 Å². The van der Waals surface area contributed by atoms with Crippen molar-refractivity contribution < 1.29 is 8.42 Å². The van der Waals surface area contributed by atoms with Gasteiger partial charge in [0.2, 0.25) is 0 Å². The van der Waals surface area contributed by atoms with Gasteiger partial charge in [-0.25, -0.2) is 8.42 Å². The van der Waals surface area contributed by atoms with Gasteiger partial charge in [-0.1, -0.05) is 26.0 Å². The van der Waals surface area contributed by atoms with E-state index in [0.29, 0.717) is 11.1 Å². The first kappa shape index (κ1) is 13.7. The van der Waals surface area contributed by atoms with Crippen LogP contribution >= 0.6 is 0 Å². The summed E-state index contributed by atoms with van der Waals surface area (Å²) in [7, 11) is -3.15. The molecule has 0 saturated carbocycles. The number of rotatable bonds is 4. The van der Waals surface area contributed by atoms with Crippen LogP contribution < -0.4 is 0 Å². The molecule has 0 N–H and O–H groups in total. The summed E-state index contributed by atoms with van der Waals surface area (Å²) in [5.41, 5.74) is 1.17. The first-order chi connectivity index (χ1) is 7.86. The highest BCUT2D eigenvalue weighted by Crippen LogP contribution is 2.17. The smallest absolute Gasteiger partial charge is 0.157 e. The number of sulfone groups is 1. The molecule has 0 amide bonds. The molecule has 3 nitrogen and oxygen atoms in total. The van der Waals surface area contributed by atoms with Gasteiger partial charge >= 0.3 is 0 Å². The van der Waals surface area contributed by atoms with Gasteiger partial charge in [0, 0.05) is 0 Å². The van der Waals surface area contributed by atoms with Crippen LogP contribution in [0.15, 0.2) is 24.3 Å². The first-order valence-electron chi connectivity index (χ1n) is 5.57. The predicted molar refractivity (Wildman–Crippen MR) is 68.1 cm³/mol. The Kier molecular flexibility index (Phi) is 4.30. The fourth-order valence-electron chi connectivity index (χ4n) is 1.51. The average Bonchev–Trinajstić information content (AvgIpc) is 2.27. The first-order valence-corrected chi connectivity index (χ1v) is 7.29. The minimum atomic E-state index is -3.15. The van der Waals surface area contributed by atoms with Crippen LogP contribution in [0.3, 0.4) is 0 Å². The van der Waals surface area contributed by atoms with Crippen molar-refractivity contribution in [3.05, 3.63) is 35.4 Å². The van der Waals surface area contributed by atoms with Gasteiger partial charge in [-0.05, 0) is 30.5 Å². The zero-order valence-corrected chi connectivity index (χ0v) is 11.2. The van der Waals surface area contributed by atoms with Crippen molar-refractivity contribution in [3.8, 4) is 6.07 Å². The van der Waals surface area contributed by atoms with Crippen LogP contribution in [0.1, 0.15) is 31.9 Å². The van der Waals surface area contributed by atoms with Crippen LogP contribution in [-0.2, 0) is 15.6 Å². The van der Waals surface area contributed by atoms with Crippen molar-refractivity contribution in [1.29, 1.82) is 5.26 Å². The normalized spacial score (nSPS) is 13.4. The zero-order valence-electron chi connectivity index (χ0n) is 10.3. The Bertz CT molecular complexity index is 527. The van der Waals surface area contributed by atoms with Gasteiger partial charge in [-0.15, -0.1) is 0 Å². The quantitative estimate of drug-likeness (QED) is 0.826. The maximum atomic E-state index is 12.1. The molecule has 0 saturated heterocycles. The van der Waals surface area contributed by atoms with Crippen LogP contribution in [0.25, 0.3) is 0 Å². The van der Waals surface area contributed by atoms with E-state index < -0.39 is 9.84 Å². The lowest BCUT2D eigenvalue weighted by Gasteiger charge is -2.16. The van der Waals surface area contributed by atoms with Gasteiger partial charge in [-0.2, -0.15) is 5.26 Å². The molecule has 0 spiro atoms. The van der Waals surface area contributed by atoms with Crippen molar-refractivity contribution in [3.63, 3.8) is 0 Å². The van der Waals surface area contributed by atoms with Gasteiger partial charge in [0.15, 0.2) is 9.84 Å². The van der Waals surface area contributed by atoms with Crippen LogP contribution in [0, 0.1) is 17.2 Å². The van der Waals surface area contributed by atoms with E-state index in [1.807, 2.05) is 19.9 Å². The van der Waals surface area contributed by atoms with Crippen molar-refractivity contribution in [2.24, 2.45) is 5.92 Å². The summed E-state index contributed by atoms with van der Waals surface area (Å²) in [5, 5.41) is 8.39. The number of benzene rings is 1. The lowest BCUT2D eigenvalue weighted by Crippen LogP contribution is -2.24. The van der Waals surface area contributed by atoms with Gasteiger partial charge < -0.3 is 0 Å². The molecule has 92 valence electrons. The Morgan fingerprint density at radius 2 is 1.94 bits per heavy atom. The summed E-state index contributed by atoms with van der Waals surface area (Å²) >= 11 is 0. The lowest BCUT2D eigenvalue weighted by atomic mass is 10.1. The molecule has 0 radical (unpaired) electrons. The molecule has 1 unspecified atom stereocenters. The largest absolute Gasteiger partial charge is 0.228 e. The van der Waals surface area contributed by atoms with E-state index in [9.17, 15) is 8.42 Å². The summed E-state index contributed by atoms with van der Waals surface area (Å²) in [6.45, 7) is 5.52. The molecule has 0 fully saturated rings. The fourth-order valence-corrected chi connectivity index (χ4v) is 3.25. The van der Waals surface area contributed by atoms with Crippen LogP contribution in [0.2, 0.25) is 0 Å². The fraction of sp³-hybridized carbons (Fsp3) is 0.462. The number of hydrogen-bond acceptors (Lipinski definition) is 3. The summed E-state index contributed by atoms with van der Waals surface area (Å²) < 4.78 is 24.1. The van der Waals surface area contributed by atoms with Gasteiger partial charge in [0.1, 0.15) is 0 Å². The third kappa shape index (κ3) is 3.57. The molecule has 0 aliphatic carbocycles. The highest BCUT2D eigenvalue weighted by atomic mass is 32.2. The van der Waals surface area contributed by atoms with E-state index in [2.05, 4.69) is 0 Å². The molecule has 0 aliphatic heterocycles. The molecule has 1 atom stereocenters. The summed E-state index contributed by atoms with van der Waals surface area (Å²) in [5.74, 6) is 0.0983. The van der Waals surface area contributed by atoms with Gasteiger partial charge in [0.05, 0.1) is 22.6 Å². The Morgan fingerprint density at radius 1 is 1.29 bits per heavy atom. The second-order valence-electron chi connectivity index (χ2n) is 4.57. The number of nitrogens with zero attached hydrogens (tertiary/aromatic N) is 1. The van der Waals surface area contributed by atoms with E-state index in [0.717, 1.165) is 0 Å². The highest BCUT2D eigenvalue weighted by molar-refractivity contribution is 7.91. The third-order valence-corrected chi connectivity index (χ3v) is 5.34. The zero-order chi connectivity index (χ0) is 13.1. The van der Waals surface area contributed by atoms with E-state index in [4.69, 9.17) is 5.26 Å². The topological polar surface area (TPSA) is 57.9 Å². The Hall–Kier alpha value is -1.34. The average molecular weight is 251 g/mol. The molecule has 0 aliphatic rings. The summed E-state index contributed by atoms with van der Waals surface area (Å²) in [6.07, 6.45) is 0. The molecule has 1 aromatic rings. The minimum Gasteiger partial charge on any atom is -0.228 e. The minimum absolute atomic E-state index is 0.00185. The molecule has 0 aromatic heterocycles. The standard InChI is InChI=1S/C13H17NO2S/c1-10(2)11(3)17(15,16)9-13-6-4-5-12(7-13)8-14/h4-7,10-11H,9H2,1-3H3. The monoisotopic (exact) mass is 251 g/mol. The summed E-state index contributed by atoms with van der Waals surface area (Å²) in [6, 6.07) is 8.76. The Balaban J connectivity index is 2.95. The van der Waals surface area contributed by atoms with Crippen LogP contribution in [0.4, 0.5) is 0 Å². The molecular formula is C13H17NO2S. The summed E-state index contributed by atoms with van der Waals surface area (Å²) in [4.78, 5) is 0. The van der Waals surface area contributed by atoms with E-state index in [-0.39, 0.29) is 16.9 Å². The maximum Gasteiger partial charge on any atom is 0.157 e. The van der Waals surface area contributed by atoms with Gasteiger partial charge in [-0.3, -0.25) is 0 Å². The van der Waals surface area contributed by atoms with Crippen molar-refractivity contribution in [2.75, 3.05) is 0 Å². The molecular weight excluding hydrogens is 234 g/mol. The molecule has 17 heavy (non-hydrogen) atoms.